The van der Waals surface area contributed by atoms with E-state index in [9.17, 15) is 4.79 Å². The second-order valence-corrected chi connectivity index (χ2v) is 8.00. The number of hydrogen-bond donors (Lipinski definition) is 1. The smallest absolute Gasteiger partial charge is 0.291 e. The van der Waals surface area contributed by atoms with E-state index >= 15 is 0 Å². The molecule has 1 fully saturated rings. The molecule has 0 aliphatic heterocycles. The van der Waals surface area contributed by atoms with E-state index in [0.717, 1.165) is 11.0 Å². The number of anilines is 1. The summed E-state index contributed by atoms with van der Waals surface area (Å²) in [7, 11) is 0. The molecule has 2 heterocycles. The Hall–Kier alpha value is -0.660. The minimum absolute atomic E-state index is 0.0492. The fourth-order valence-electron chi connectivity index (χ4n) is 2.30. The van der Waals surface area contributed by atoms with E-state index in [2.05, 4.69) is 48.3 Å². The van der Waals surface area contributed by atoms with Gasteiger partial charge in [-0.05, 0) is 56.7 Å². The highest BCUT2D eigenvalue weighted by molar-refractivity contribution is 9.10. The number of aromatic nitrogens is 2. The van der Waals surface area contributed by atoms with Crippen molar-refractivity contribution in [3.8, 4) is 0 Å². The van der Waals surface area contributed by atoms with Crippen LogP contribution in [-0.2, 0) is 13.1 Å². The van der Waals surface area contributed by atoms with Gasteiger partial charge in [0.1, 0.15) is 5.69 Å². The third-order valence-electron chi connectivity index (χ3n) is 3.71. The Morgan fingerprint density at radius 3 is 2.86 bits per heavy atom. The van der Waals surface area contributed by atoms with Crippen molar-refractivity contribution >= 4 is 48.9 Å². The van der Waals surface area contributed by atoms with E-state index in [0.29, 0.717) is 22.6 Å². The SMILES string of the molecule is O=c1c(NCc2cc(Br)cs2)c(Br)cnn1CC1CCC1. The molecule has 112 valence electrons. The molecule has 0 atom stereocenters. The third-order valence-corrected chi connectivity index (χ3v) is 6.01. The molecule has 7 heteroatoms. The quantitative estimate of drug-likeness (QED) is 0.768. The number of nitrogens with zero attached hydrogens (tertiary/aromatic N) is 2. The van der Waals surface area contributed by atoms with Gasteiger partial charge >= 0.3 is 0 Å². The highest BCUT2D eigenvalue weighted by Gasteiger charge is 2.20. The van der Waals surface area contributed by atoms with E-state index in [1.807, 2.05) is 5.38 Å². The highest BCUT2D eigenvalue weighted by atomic mass is 79.9. The fraction of sp³-hybridized carbons (Fsp3) is 0.429. The summed E-state index contributed by atoms with van der Waals surface area (Å²) in [5, 5.41) is 9.50. The molecule has 2 aromatic heterocycles. The van der Waals surface area contributed by atoms with Crippen LogP contribution in [0.2, 0.25) is 0 Å². The third kappa shape index (κ3) is 3.57. The Morgan fingerprint density at radius 1 is 1.43 bits per heavy atom. The predicted octanol–water partition coefficient (Wildman–Crippen LogP) is 4.24. The van der Waals surface area contributed by atoms with Crippen molar-refractivity contribution in [2.45, 2.75) is 32.4 Å². The molecule has 0 amide bonds. The number of hydrogen-bond acceptors (Lipinski definition) is 4. The minimum Gasteiger partial charge on any atom is -0.375 e. The summed E-state index contributed by atoms with van der Waals surface area (Å²) in [5.41, 5.74) is 0.542. The van der Waals surface area contributed by atoms with Gasteiger partial charge in [-0.2, -0.15) is 5.10 Å². The van der Waals surface area contributed by atoms with Crippen LogP contribution in [0.1, 0.15) is 24.1 Å². The Morgan fingerprint density at radius 2 is 2.24 bits per heavy atom. The summed E-state index contributed by atoms with van der Waals surface area (Å²) in [6.45, 7) is 1.36. The number of rotatable bonds is 5. The van der Waals surface area contributed by atoms with Gasteiger partial charge < -0.3 is 5.32 Å². The van der Waals surface area contributed by atoms with Crippen LogP contribution in [0.5, 0.6) is 0 Å². The molecule has 0 unspecified atom stereocenters. The largest absolute Gasteiger partial charge is 0.375 e. The molecule has 0 aromatic carbocycles. The number of thiophene rings is 1. The van der Waals surface area contributed by atoms with Gasteiger partial charge in [0.05, 0.1) is 10.7 Å². The molecule has 1 N–H and O–H groups in total. The van der Waals surface area contributed by atoms with E-state index < -0.39 is 0 Å². The van der Waals surface area contributed by atoms with Crippen LogP contribution < -0.4 is 10.9 Å². The maximum absolute atomic E-state index is 12.5. The maximum Gasteiger partial charge on any atom is 0.291 e. The minimum atomic E-state index is -0.0492. The second-order valence-electron chi connectivity index (χ2n) is 5.24. The van der Waals surface area contributed by atoms with Crippen LogP contribution in [0.25, 0.3) is 0 Å². The molecule has 3 rings (SSSR count). The number of halogens is 2. The van der Waals surface area contributed by atoms with E-state index in [1.165, 1.54) is 24.1 Å². The van der Waals surface area contributed by atoms with Gasteiger partial charge in [0, 0.05) is 27.8 Å². The maximum atomic E-state index is 12.5. The standard InChI is InChI=1S/C14H15Br2N3OS/c15-10-4-11(21-8-10)5-17-13-12(16)6-18-19(14(13)20)7-9-2-1-3-9/h4,6,8-9,17H,1-3,5,7H2. The first-order valence-electron chi connectivity index (χ1n) is 6.86. The van der Waals surface area contributed by atoms with Gasteiger partial charge in [0.15, 0.2) is 0 Å². The van der Waals surface area contributed by atoms with Gasteiger partial charge in [-0.3, -0.25) is 4.79 Å². The average molecular weight is 433 g/mol. The summed E-state index contributed by atoms with van der Waals surface area (Å²) in [6.07, 6.45) is 5.38. The monoisotopic (exact) mass is 431 g/mol. The zero-order valence-corrected chi connectivity index (χ0v) is 15.3. The van der Waals surface area contributed by atoms with Crippen molar-refractivity contribution in [1.82, 2.24) is 9.78 Å². The lowest BCUT2D eigenvalue weighted by molar-refractivity contribution is 0.262. The lowest BCUT2D eigenvalue weighted by Crippen LogP contribution is -2.30. The van der Waals surface area contributed by atoms with Gasteiger partial charge in [0.2, 0.25) is 0 Å². The van der Waals surface area contributed by atoms with E-state index in [4.69, 9.17) is 0 Å². The van der Waals surface area contributed by atoms with Crippen molar-refractivity contribution in [2.75, 3.05) is 5.32 Å². The summed E-state index contributed by atoms with van der Waals surface area (Å²) in [5.74, 6) is 0.609. The first-order chi connectivity index (χ1) is 10.1. The zero-order chi connectivity index (χ0) is 14.8. The molecule has 2 aromatic rings. The van der Waals surface area contributed by atoms with Gasteiger partial charge in [0.25, 0.3) is 5.56 Å². The van der Waals surface area contributed by atoms with Crippen molar-refractivity contribution < 1.29 is 0 Å². The average Bonchev–Trinajstić information content (AvgIpc) is 2.81. The molecule has 21 heavy (non-hydrogen) atoms. The summed E-state index contributed by atoms with van der Waals surface area (Å²) >= 11 is 8.51. The highest BCUT2D eigenvalue weighted by Crippen LogP contribution is 2.27. The van der Waals surface area contributed by atoms with Crippen LogP contribution in [0, 0.1) is 5.92 Å². The van der Waals surface area contributed by atoms with Gasteiger partial charge in [-0.15, -0.1) is 11.3 Å². The van der Waals surface area contributed by atoms with Crippen LogP contribution in [-0.4, -0.2) is 9.78 Å². The summed E-state index contributed by atoms with van der Waals surface area (Å²) < 4.78 is 3.37. The van der Waals surface area contributed by atoms with E-state index in [1.54, 1.807) is 22.2 Å². The van der Waals surface area contributed by atoms with Crippen LogP contribution in [0.4, 0.5) is 5.69 Å². The molecule has 0 spiro atoms. The number of nitrogens with one attached hydrogen (secondary N) is 1. The lowest BCUT2D eigenvalue weighted by Gasteiger charge is -2.25. The Bertz CT molecular complexity index is 694. The lowest BCUT2D eigenvalue weighted by atomic mass is 9.85. The fourth-order valence-corrected chi connectivity index (χ4v) is 4.09. The van der Waals surface area contributed by atoms with Crippen LogP contribution in [0.15, 0.2) is 31.4 Å². The summed E-state index contributed by atoms with van der Waals surface area (Å²) in [4.78, 5) is 13.7. The Labute approximate surface area is 143 Å². The normalized spacial score (nSPS) is 15.0. The molecule has 4 nitrogen and oxygen atoms in total. The van der Waals surface area contributed by atoms with E-state index in [-0.39, 0.29) is 5.56 Å². The molecular formula is C14H15Br2N3OS. The molecule has 1 saturated carbocycles. The predicted molar refractivity (Wildman–Crippen MR) is 92.9 cm³/mol. The topological polar surface area (TPSA) is 46.9 Å². The molecular weight excluding hydrogens is 418 g/mol. The summed E-state index contributed by atoms with van der Waals surface area (Å²) in [6, 6.07) is 2.06. The van der Waals surface area contributed by atoms with Crippen LogP contribution in [0.3, 0.4) is 0 Å². The van der Waals surface area contributed by atoms with Crippen molar-refractivity contribution in [3.63, 3.8) is 0 Å². The van der Waals surface area contributed by atoms with Crippen molar-refractivity contribution in [3.05, 3.63) is 41.8 Å². The first-order valence-corrected chi connectivity index (χ1v) is 9.32. The Balaban J connectivity index is 1.76. The Kier molecular flexibility index (Phi) is 4.81. The molecule has 1 aliphatic rings. The second kappa shape index (κ2) is 6.62. The van der Waals surface area contributed by atoms with Gasteiger partial charge in [-0.25, -0.2) is 4.68 Å². The zero-order valence-electron chi connectivity index (χ0n) is 11.3. The molecule has 0 saturated heterocycles. The molecule has 1 aliphatic carbocycles. The first kappa shape index (κ1) is 15.2. The van der Waals surface area contributed by atoms with Gasteiger partial charge in [-0.1, -0.05) is 6.42 Å². The molecule has 0 radical (unpaired) electrons. The molecule has 0 bridgehead atoms. The van der Waals surface area contributed by atoms with Crippen molar-refractivity contribution in [1.29, 1.82) is 0 Å². The van der Waals surface area contributed by atoms with Crippen LogP contribution >= 0.6 is 43.2 Å². The van der Waals surface area contributed by atoms with Crippen molar-refractivity contribution in [2.24, 2.45) is 5.92 Å².